The summed E-state index contributed by atoms with van der Waals surface area (Å²) in [5.41, 5.74) is 5.46. The molecule has 4 heteroatoms. The molecule has 0 aromatic rings. The summed E-state index contributed by atoms with van der Waals surface area (Å²) >= 11 is 0. The van der Waals surface area contributed by atoms with Gasteiger partial charge in [-0.25, -0.2) is 0 Å². The van der Waals surface area contributed by atoms with E-state index >= 15 is 0 Å². The number of unbranched alkanes of at least 4 members (excludes halogenated alkanes) is 2. The van der Waals surface area contributed by atoms with E-state index in [0.29, 0.717) is 25.9 Å². The fourth-order valence-corrected chi connectivity index (χ4v) is 3.35. The number of nitrogens with zero attached hydrogens (tertiary/aromatic N) is 1. The lowest BCUT2D eigenvalue weighted by Crippen LogP contribution is -2.47. The number of amides is 2. The van der Waals surface area contributed by atoms with Gasteiger partial charge in [0.25, 0.3) is 0 Å². The predicted molar refractivity (Wildman–Crippen MR) is 69.8 cm³/mol. The molecule has 0 unspecified atom stereocenters. The topological polar surface area (TPSA) is 63.4 Å². The molecule has 102 valence electrons. The highest BCUT2D eigenvalue weighted by Gasteiger charge is 2.44. The molecule has 1 aliphatic heterocycles. The average molecular weight is 252 g/mol. The smallest absolute Gasteiger partial charge is 0.229 e. The Morgan fingerprint density at radius 1 is 1.00 bits per heavy atom. The normalized spacial score (nSPS) is 23.1. The lowest BCUT2D eigenvalue weighted by molar-refractivity contribution is -0.153. The van der Waals surface area contributed by atoms with E-state index in [4.69, 9.17) is 5.73 Å². The van der Waals surface area contributed by atoms with Crippen molar-refractivity contribution in [2.24, 2.45) is 11.1 Å². The molecule has 0 radical (unpaired) electrons. The fraction of sp³-hybridized carbons (Fsp3) is 0.857. The van der Waals surface area contributed by atoms with E-state index in [9.17, 15) is 9.59 Å². The zero-order valence-corrected chi connectivity index (χ0v) is 11.1. The van der Waals surface area contributed by atoms with Crippen molar-refractivity contribution in [1.29, 1.82) is 0 Å². The van der Waals surface area contributed by atoms with Crippen molar-refractivity contribution >= 4 is 11.8 Å². The highest BCUT2D eigenvalue weighted by atomic mass is 16.2. The van der Waals surface area contributed by atoms with Gasteiger partial charge in [0.1, 0.15) is 0 Å². The minimum absolute atomic E-state index is 0.0297. The van der Waals surface area contributed by atoms with Crippen molar-refractivity contribution in [2.45, 2.75) is 57.8 Å². The first-order valence-corrected chi connectivity index (χ1v) is 7.20. The molecule has 4 nitrogen and oxygen atoms in total. The van der Waals surface area contributed by atoms with E-state index in [1.165, 1.54) is 17.7 Å². The second-order valence-corrected chi connectivity index (χ2v) is 5.85. The molecule has 18 heavy (non-hydrogen) atoms. The van der Waals surface area contributed by atoms with E-state index < -0.39 is 0 Å². The van der Waals surface area contributed by atoms with E-state index in [1.807, 2.05) is 0 Å². The Kier molecular flexibility index (Phi) is 4.38. The summed E-state index contributed by atoms with van der Waals surface area (Å²) in [6.07, 6.45) is 8.52. The van der Waals surface area contributed by atoms with Crippen molar-refractivity contribution in [3.8, 4) is 0 Å². The monoisotopic (exact) mass is 252 g/mol. The highest BCUT2D eigenvalue weighted by Crippen LogP contribution is 2.46. The molecule has 2 rings (SSSR count). The van der Waals surface area contributed by atoms with Gasteiger partial charge in [0.15, 0.2) is 0 Å². The molecule has 2 fully saturated rings. The maximum atomic E-state index is 12.1. The minimum Gasteiger partial charge on any atom is -0.330 e. The van der Waals surface area contributed by atoms with Gasteiger partial charge in [0.05, 0.1) is 0 Å². The Hall–Kier alpha value is -0.900. The Bertz CT molecular complexity index is 302. The molecule has 0 atom stereocenters. The van der Waals surface area contributed by atoms with Crippen molar-refractivity contribution in [3.63, 3.8) is 0 Å². The molecule has 0 aromatic carbocycles. The first kappa shape index (κ1) is 13.5. The molecular weight excluding hydrogens is 228 g/mol. The van der Waals surface area contributed by atoms with Crippen LogP contribution >= 0.6 is 0 Å². The molecule has 2 aliphatic rings. The van der Waals surface area contributed by atoms with Crippen LogP contribution in [-0.4, -0.2) is 29.8 Å². The standard InChI is InChI=1S/C14H24N2O2/c15-8-4-1-5-9-16-12(17)10-14(11-13(16)18)6-2-3-7-14/h1-11,15H2. The summed E-state index contributed by atoms with van der Waals surface area (Å²) in [5, 5.41) is 0. The Morgan fingerprint density at radius 3 is 2.17 bits per heavy atom. The second-order valence-electron chi connectivity index (χ2n) is 5.85. The van der Waals surface area contributed by atoms with Gasteiger partial charge in [-0.2, -0.15) is 0 Å². The zero-order chi connectivity index (χ0) is 13.0. The fourth-order valence-electron chi connectivity index (χ4n) is 3.35. The number of hydrogen-bond acceptors (Lipinski definition) is 3. The predicted octanol–water partition coefficient (Wildman–Crippen LogP) is 1.82. The van der Waals surface area contributed by atoms with Crippen LogP contribution in [0.25, 0.3) is 0 Å². The van der Waals surface area contributed by atoms with Gasteiger partial charge < -0.3 is 5.73 Å². The summed E-state index contributed by atoms with van der Waals surface area (Å²) in [4.78, 5) is 25.7. The Balaban J connectivity index is 1.86. The van der Waals surface area contributed by atoms with Gasteiger partial charge in [-0.3, -0.25) is 14.5 Å². The number of imide groups is 1. The number of carbonyl (C=O) groups is 2. The van der Waals surface area contributed by atoms with Crippen LogP contribution in [0.2, 0.25) is 0 Å². The van der Waals surface area contributed by atoms with Gasteiger partial charge in [-0.15, -0.1) is 0 Å². The van der Waals surface area contributed by atoms with Gasteiger partial charge >= 0.3 is 0 Å². The maximum absolute atomic E-state index is 12.1. The number of carbonyl (C=O) groups excluding carboxylic acids is 2. The molecule has 1 heterocycles. The van der Waals surface area contributed by atoms with Gasteiger partial charge in [-0.05, 0) is 37.6 Å². The van der Waals surface area contributed by atoms with Crippen LogP contribution in [0.1, 0.15) is 57.8 Å². The number of rotatable bonds is 5. The van der Waals surface area contributed by atoms with E-state index in [2.05, 4.69) is 0 Å². The van der Waals surface area contributed by atoms with Gasteiger partial charge in [0.2, 0.25) is 11.8 Å². The van der Waals surface area contributed by atoms with Crippen LogP contribution in [-0.2, 0) is 9.59 Å². The Labute approximate surface area is 109 Å². The van der Waals surface area contributed by atoms with Gasteiger partial charge in [0, 0.05) is 19.4 Å². The highest BCUT2D eigenvalue weighted by molar-refractivity contribution is 5.98. The quantitative estimate of drug-likeness (QED) is 0.599. The molecular formula is C14H24N2O2. The lowest BCUT2D eigenvalue weighted by atomic mass is 9.76. The zero-order valence-electron chi connectivity index (χ0n) is 11.1. The van der Waals surface area contributed by atoms with Crippen molar-refractivity contribution in [3.05, 3.63) is 0 Å². The molecule has 0 aromatic heterocycles. The summed E-state index contributed by atoms with van der Waals surface area (Å²) in [6.45, 7) is 1.28. The number of nitrogens with two attached hydrogens (primary N) is 1. The molecule has 1 saturated heterocycles. The second kappa shape index (κ2) is 5.83. The van der Waals surface area contributed by atoms with E-state index in [0.717, 1.165) is 32.1 Å². The van der Waals surface area contributed by atoms with Crippen LogP contribution in [0, 0.1) is 5.41 Å². The third kappa shape index (κ3) is 2.91. The van der Waals surface area contributed by atoms with Crippen LogP contribution < -0.4 is 5.73 Å². The maximum Gasteiger partial charge on any atom is 0.229 e. The number of hydrogen-bond donors (Lipinski definition) is 1. The molecule has 0 bridgehead atoms. The first-order valence-electron chi connectivity index (χ1n) is 7.20. The summed E-state index contributed by atoms with van der Waals surface area (Å²) in [7, 11) is 0. The van der Waals surface area contributed by atoms with Crippen molar-refractivity contribution < 1.29 is 9.59 Å². The van der Waals surface area contributed by atoms with Gasteiger partial charge in [-0.1, -0.05) is 19.3 Å². The van der Waals surface area contributed by atoms with Crippen LogP contribution in [0.15, 0.2) is 0 Å². The summed E-state index contributed by atoms with van der Waals surface area (Å²) in [5.74, 6) is 0.113. The van der Waals surface area contributed by atoms with Crippen molar-refractivity contribution in [2.75, 3.05) is 13.1 Å². The summed E-state index contributed by atoms with van der Waals surface area (Å²) in [6, 6.07) is 0. The minimum atomic E-state index is 0.0297. The number of piperidine rings is 1. The molecule has 2 N–H and O–H groups in total. The Morgan fingerprint density at radius 2 is 1.61 bits per heavy atom. The third-order valence-corrected chi connectivity index (χ3v) is 4.40. The largest absolute Gasteiger partial charge is 0.330 e. The SMILES string of the molecule is NCCCCCN1C(=O)CC2(CCCC2)CC1=O. The van der Waals surface area contributed by atoms with Crippen LogP contribution in [0.3, 0.4) is 0 Å². The van der Waals surface area contributed by atoms with Crippen molar-refractivity contribution in [1.82, 2.24) is 4.90 Å². The average Bonchev–Trinajstić information content (AvgIpc) is 2.75. The van der Waals surface area contributed by atoms with Crippen LogP contribution in [0.5, 0.6) is 0 Å². The first-order chi connectivity index (χ1) is 8.67. The van der Waals surface area contributed by atoms with E-state index in [-0.39, 0.29) is 17.2 Å². The molecule has 2 amide bonds. The summed E-state index contributed by atoms with van der Waals surface area (Å²) < 4.78 is 0. The molecule has 1 saturated carbocycles. The van der Waals surface area contributed by atoms with Crippen LogP contribution in [0.4, 0.5) is 0 Å². The lowest BCUT2D eigenvalue weighted by Gasteiger charge is -2.37. The number of likely N-dealkylation sites (tertiary alicyclic amines) is 1. The molecule has 1 spiro atoms. The van der Waals surface area contributed by atoms with E-state index in [1.54, 1.807) is 0 Å². The molecule has 1 aliphatic carbocycles. The third-order valence-electron chi connectivity index (χ3n) is 4.40.